The van der Waals surface area contributed by atoms with E-state index in [0.29, 0.717) is 18.0 Å². The number of hydrogen-bond acceptors (Lipinski definition) is 3. The molecule has 2 aromatic heterocycles. The normalized spacial score (nSPS) is 12.2. The molecule has 0 saturated carbocycles. The summed E-state index contributed by atoms with van der Waals surface area (Å²) in [7, 11) is 0. The third kappa shape index (κ3) is 4.04. The Balaban J connectivity index is 1.58. The fourth-order valence-electron chi connectivity index (χ4n) is 3.53. The average molecular weight is 408 g/mol. The number of rotatable bonds is 6. The highest BCUT2D eigenvalue weighted by Gasteiger charge is 2.17. The smallest absolute Gasteiger partial charge is 0.237 e. The van der Waals surface area contributed by atoms with E-state index >= 15 is 0 Å². The zero-order chi connectivity index (χ0) is 20.4. The van der Waals surface area contributed by atoms with E-state index in [9.17, 15) is 4.79 Å². The molecular weight excluding hydrogens is 386 g/mol. The van der Waals surface area contributed by atoms with Gasteiger partial charge in [0.25, 0.3) is 0 Å². The minimum Gasteiger partial charge on any atom is -0.354 e. The van der Waals surface area contributed by atoms with Gasteiger partial charge in [-0.3, -0.25) is 4.79 Å². The molecule has 2 heterocycles. The monoisotopic (exact) mass is 407 g/mol. The van der Waals surface area contributed by atoms with Crippen molar-refractivity contribution in [1.29, 1.82) is 0 Å². The van der Waals surface area contributed by atoms with Crippen LogP contribution in [-0.2, 0) is 17.8 Å². The third-order valence-corrected chi connectivity index (χ3v) is 5.28. The lowest BCUT2D eigenvalue weighted by Crippen LogP contribution is -2.41. The van der Waals surface area contributed by atoms with Crippen LogP contribution in [0.2, 0.25) is 5.02 Å². The van der Waals surface area contributed by atoms with Gasteiger partial charge in [0.15, 0.2) is 0 Å². The van der Waals surface area contributed by atoms with Gasteiger partial charge in [-0.2, -0.15) is 0 Å². The first-order chi connectivity index (χ1) is 14.0. The molecule has 29 heavy (non-hydrogen) atoms. The summed E-state index contributed by atoms with van der Waals surface area (Å²) in [6.07, 6.45) is 3.64. The second kappa shape index (κ2) is 8.11. The first-order valence-corrected chi connectivity index (χ1v) is 9.77. The number of hydrogen-bond donors (Lipinski definition) is 4. The number of fused-ring (bicyclic) bond motifs is 1. The zero-order valence-electron chi connectivity index (χ0n) is 16.0. The number of carbonyl (C=O) groups excluding carboxylic acids is 1. The van der Waals surface area contributed by atoms with Gasteiger partial charge in [-0.25, -0.2) is 4.98 Å². The van der Waals surface area contributed by atoms with Gasteiger partial charge in [-0.15, -0.1) is 0 Å². The van der Waals surface area contributed by atoms with Crippen molar-refractivity contribution in [3.63, 3.8) is 0 Å². The van der Waals surface area contributed by atoms with E-state index in [0.717, 1.165) is 39.0 Å². The lowest BCUT2D eigenvalue weighted by molar-refractivity contribution is -0.122. The van der Waals surface area contributed by atoms with Crippen LogP contribution < -0.4 is 11.1 Å². The van der Waals surface area contributed by atoms with E-state index in [4.69, 9.17) is 17.3 Å². The minimum atomic E-state index is -0.657. The van der Waals surface area contributed by atoms with Crippen LogP contribution in [0.25, 0.3) is 22.2 Å². The molecule has 7 heteroatoms. The summed E-state index contributed by atoms with van der Waals surface area (Å²) in [5, 5.41) is 4.60. The number of aromatic amines is 2. The van der Waals surface area contributed by atoms with Crippen LogP contribution in [0.3, 0.4) is 0 Å². The van der Waals surface area contributed by atoms with Crippen molar-refractivity contribution in [3.8, 4) is 11.3 Å². The van der Waals surface area contributed by atoms with Crippen molar-refractivity contribution < 1.29 is 4.79 Å². The Morgan fingerprint density at radius 2 is 2.07 bits per heavy atom. The Hall–Kier alpha value is -3.09. The maximum absolute atomic E-state index is 12.4. The molecule has 0 radical (unpaired) electrons. The molecule has 0 spiro atoms. The predicted octanol–water partition coefficient (Wildman–Crippen LogP) is 3.71. The van der Waals surface area contributed by atoms with Crippen molar-refractivity contribution in [2.45, 2.75) is 25.9 Å². The topological polar surface area (TPSA) is 99.6 Å². The van der Waals surface area contributed by atoms with Crippen LogP contribution in [0, 0.1) is 6.92 Å². The molecule has 1 amide bonds. The molecule has 4 rings (SSSR count). The van der Waals surface area contributed by atoms with Gasteiger partial charge < -0.3 is 21.0 Å². The fourth-order valence-corrected chi connectivity index (χ4v) is 3.77. The number of aryl methyl sites for hydroxylation is 1. The summed E-state index contributed by atoms with van der Waals surface area (Å²) in [5.74, 6) is -0.223. The Bertz CT molecular complexity index is 1140. The van der Waals surface area contributed by atoms with Crippen molar-refractivity contribution >= 4 is 28.4 Å². The van der Waals surface area contributed by atoms with Crippen molar-refractivity contribution in [2.24, 2.45) is 5.73 Å². The molecule has 0 saturated heterocycles. The second-order valence-corrected chi connectivity index (χ2v) is 7.52. The predicted molar refractivity (Wildman–Crippen MR) is 116 cm³/mol. The lowest BCUT2D eigenvalue weighted by Gasteiger charge is -2.12. The van der Waals surface area contributed by atoms with Crippen LogP contribution in [0.4, 0.5) is 0 Å². The average Bonchev–Trinajstić information content (AvgIpc) is 3.35. The number of nitrogens with two attached hydrogens (primary N) is 1. The van der Waals surface area contributed by atoms with Crippen molar-refractivity contribution in [1.82, 2.24) is 20.3 Å². The molecular formula is C22H22ClN5O. The number of benzene rings is 2. The van der Waals surface area contributed by atoms with Crippen LogP contribution in [-0.4, -0.2) is 26.9 Å². The summed E-state index contributed by atoms with van der Waals surface area (Å²) in [6.45, 7) is 2.40. The molecule has 0 fully saturated rings. The molecule has 0 aliphatic rings. The molecule has 1 atom stereocenters. The Morgan fingerprint density at radius 3 is 2.79 bits per heavy atom. The van der Waals surface area contributed by atoms with E-state index < -0.39 is 6.04 Å². The number of nitrogens with zero attached hydrogens (tertiary/aromatic N) is 1. The van der Waals surface area contributed by atoms with Gasteiger partial charge in [0.1, 0.15) is 0 Å². The van der Waals surface area contributed by atoms with Gasteiger partial charge in [0.2, 0.25) is 5.91 Å². The quantitative estimate of drug-likeness (QED) is 0.392. The Kier molecular flexibility index (Phi) is 5.38. The van der Waals surface area contributed by atoms with Crippen LogP contribution >= 0.6 is 11.6 Å². The first-order valence-electron chi connectivity index (χ1n) is 9.39. The molecule has 4 aromatic rings. The van der Waals surface area contributed by atoms with Crippen molar-refractivity contribution in [3.05, 3.63) is 76.8 Å². The number of nitrogens with one attached hydrogen (secondary N) is 3. The molecule has 0 bridgehead atoms. The van der Waals surface area contributed by atoms with E-state index in [1.807, 2.05) is 30.3 Å². The first kappa shape index (κ1) is 19.2. The summed E-state index contributed by atoms with van der Waals surface area (Å²) < 4.78 is 0. The SMILES string of the molecule is Cc1c(-c2ccccc2)[nH]c2c(CNC(=O)[C@@H](N)Cc3cnc[nH]3)cc(Cl)cc12. The summed E-state index contributed by atoms with van der Waals surface area (Å²) in [6, 6.07) is 13.3. The molecule has 6 nitrogen and oxygen atoms in total. The van der Waals surface area contributed by atoms with Crippen LogP contribution in [0.5, 0.6) is 0 Å². The van der Waals surface area contributed by atoms with E-state index in [-0.39, 0.29) is 5.91 Å². The highest BCUT2D eigenvalue weighted by atomic mass is 35.5. The van der Waals surface area contributed by atoms with Crippen molar-refractivity contribution in [2.75, 3.05) is 0 Å². The number of amides is 1. The van der Waals surface area contributed by atoms with Crippen LogP contribution in [0.15, 0.2) is 55.0 Å². The fraction of sp³-hybridized carbons (Fsp3) is 0.182. The standard InChI is InChI=1S/C22H22ClN5O/c1-13-18-8-16(23)7-15(21(18)28-20(13)14-5-3-2-4-6-14)10-26-22(29)19(24)9-17-11-25-12-27-17/h2-8,11-12,19,28H,9-10,24H2,1H3,(H,25,27)(H,26,29)/t19-/m0/s1. The molecule has 0 aliphatic carbocycles. The number of aromatic nitrogens is 3. The highest BCUT2D eigenvalue weighted by molar-refractivity contribution is 6.31. The second-order valence-electron chi connectivity index (χ2n) is 7.08. The summed E-state index contributed by atoms with van der Waals surface area (Å²) in [4.78, 5) is 22.9. The maximum Gasteiger partial charge on any atom is 0.237 e. The van der Waals surface area contributed by atoms with Crippen LogP contribution in [0.1, 0.15) is 16.8 Å². The summed E-state index contributed by atoms with van der Waals surface area (Å²) >= 11 is 6.36. The number of H-pyrrole nitrogens is 2. The highest BCUT2D eigenvalue weighted by Crippen LogP contribution is 2.33. The van der Waals surface area contributed by atoms with Gasteiger partial charge in [0.05, 0.1) is 17.9 Å². The van der Waals surface area contributed by atoms with E-state index in [2.05, 4.69) is 39.3 Å². The van der Waals surface area contributed by atoms with Gasteiger partial charge in [-0.1, -0.05) is 41.9 Å². The lowest BCUT2D eigenvalue weighted by atomic mass is 10.1. The zero-order valence-corrected chi connectivity index (χ0v) is 16.8. The molecule has 2 aromatic carbocycles. The molecule has 5 N–H and O–H groups in total. The molecule has 148 valence electrons. The largest absolute Gasteiger partial charge is 0.354 e. The van der Waals surface area contributed by atoms with Gasteiger partial charge >= 0.3 is 0 Å². The third-order valence-electron chi connectivity index (χ3n) is 5.06. The summed E-state index contributed by atoms with van der Waals surface area (Å²) in [5.41, 5.74) is 12.0. The molecule has 0 aliphatic heterocycles. The maximum atomic E-state index is 12.4. The number of halogens is 1. The van der Waals surface area contributed by atoms with E-state index in [1.165, 1.54) is 0 Å². The minimum absolute atomic E-state index is 0.223. The Labute approximate surface area is 173 Å². The number of carbonyl (C=O) groups is 1. The van der Waals surface area contributed by atoms with Gasteiger partial charge in [-0.05, 0) is 35.7 Å². The molecule has 0 unspecified atom stereocenters. The van der Waals surface area contributed by atoms with E-state index in [1.54, 1.807) is 12.5 Å². The van der Waals surface area contributed by atoms with Gasteiger partial charge in [0, 0.05) is 41.0 Å². The Morgan fingerprint density at radius 1 is 1.28 bits per heavy atom. The number of imidazole rings is 1.